The van der Waals surface area contributed by atoms with Crippen molar-refractivity contribution < 1.29 is 4.79 Å². The number of nitrogens with one attached hydrogen (secondary N) is 1. The molecule has 1 N–H and O–H groups in total. The molecule has 0 atom stereocenters. The van der Waals surface area contributed by atoms with Crippen LogP contribution in [0.4, 0.5) is 0 Å². The molecule has 0 unspecified atom stereocenters. The maximum atomic E-state index is 11.8. The molecule has 1 saturated carbocycles. The number of carbonyl (C=O) groups excluding carboxylic acids is 1. The third kappa shape index (κ3) is 4.37. The van der Waals surface area contributed by atoms with Crippen molar-refractivity contribution in [3.8, 4) is 0 Å². The van der Waals surface area contributed by atoms with E-state index in [1.165, 1.54) is 32.1 Å². The first kappa shape index (κ1) is 14.1. The summed E-state index contributed by atoms with van der Waals surface area (Å²) < 4.78 is 1.92. The Bertz CT molecular complexity index is 394. The molecule has 106 valence electrons. The van der Waals surface area contributed by atoms with Crippen LogP contribution in [0.15, 0.2) is 12.3 Å². The van der Waals surface area contributed by atoms with Gasteiger partial charge >= 0.3 is 0 Å². The van der Waals surface area contributed by atoms with Crippen LogP contribution in [-0.4, -0.2) is 15.7 Å². The molecule has 1 aromatic rings. The topological polar surface area (TPSA) is 46.9 Å². The number of aryl methyl sites for hydroxylation is 1. The summed E-state index contributed by atoms with van der Waals surface area (Å²) in [6.07, 6.45) is 10.2. The highest BCUT2D eigenvalue weighted by molar-refractivity contribution is 5.75. The van der Waals surface area contributed by atoms with Gasteiger partial charge in [0.05, 0.1) is 12.2 Å². The Morgan fingerprint density at radius 2 is 2.21 bits per heavy atom. The summed E-state index contributed by atoms with van der Waals surface area (Å²) in [6.45, 7) is 3.50. The molecule has 1 fully saturated rings. The first-order chi connectivity index (χ1) is 9.29. The van der Waals surface area contributed by atoms with Crippen molar-refractivity contribution >= 4 is 5.91 Å². The van der Waals surface area contributed by atoms with E-state index in [0.717, 1.165) is 24.6 Å². The fourth-order valence-corrected chi connectivity index (χ4v) is 2.88. The lowest BCUT2D eigenvalue weighted by atomic mass is 9.86. The maximum Gasteiger partial charge on any atom is 0.220 e. The fourth-order valence-electron chi connectivity index (χ4n) is 2.88. The Balaban J connectivity index is 1.66. The number of hydrogen-bond donors (Lipinski definition) is 1. The molecule has 0 aromatic carbocycles. The van der Waals surface area contributed by atoms with Crippen molar-refractivity contribution in [3.05, 3.63) is 18.0 Å². The quantitative estimate of drug-likeness (QED) is 0.858. The van der Waals surface area contributed by atoms with E-state index in [1.807, 2.05) is 10.7 Å². The molecule has 0 aliphatic heterocycles. The number of rotatable bonds is 6. The van der Waals surface area contributed by atoms with Crippen LogP contribution in [-0.2, 0) is 17.9 Å². The predicted octanol–water partition coefficient (Wildman–Crippen LogP) is 2.88. The molecule has 0 bridgehead atoms. The Morgan fingerprint density at radius 1 is 1.42 bits per heavy atom. The summed E-state index contributed by atoms with van der Waals surface area (Å²) in [4.78, 5) is 11.8. The summed E-state index contributed by atoms with van der Waals surface area (Å²) in [7, 11) is 0. The highest BCUT2D eigenvalue weighted by Gasteiger charge is 2.14. The third-order valence-corrected chi connectivity index (χ3v) is 4.08. The van der Waals surface area contributed by atoms with E-state index in [1.54, 1.807) is 6.20 Å². The van der Waals surface area contributed by atoms with E-state index in [9.17, 15) is 4.79 Å². The van der Waals surface area contributed by atoms with Crippen molar-refractivity contribution in [1.82, 2.24) is 15.1 Å². The average Bonchev–Trinajstić information content (AvgIpc) is 2.91. The Morgan fingerprint density at radius 3 is 2.95 bits per heavy atom. The summed E-state index contributed by atoms with van der Waals surface area (Å²) >= 11 is 0. The standard InChI is InChI=1S/C15H25N3O/c1-2-18-14(10-11-17-18)12-16-15(19)9-8-13-6-4-3-5-7-13/h10-11,13H,2-9,12H2,1H3,(H,16,19). The molecule has 1 aromatic heterocycles. The van der Waals surface area contributed by atoms with E-state index < -0.39 is 0 Å². The smallest absolute Gasteiger partial charge is 0.220 e. The van der Waals surface area contributed by atoms with Gasteiger partial charge in [0.15, 0.2) is 0 Å². The van der Waals surface area contributed by atoms with E-state index in [2.05, 4.69) is 17.3 Å². The average molecular weight is 263 g/mol. The van der Waals surface area contributed by atoms with Gasteiger partial charge in [-0.2, -0.15) is 5.10 Å². The monoisotopic (exact) mass is 263 g/mol. The normalized spacial score (nSPS) is 16.5. The van der Waals surface area contributed by atoms with Gasteiger partial charge in [-0.25, -0.2) is 0 Å². The first-order valence-electron chi connectivity index (χ1n) is 7.57. The molecule has 0 spiro atoms. The summed E-state index contributed by atoms with van der Waals surface area (Å²) in [5.74, 6) is 0.954. The lowest BCUT2D eigenvalue weighted by Crippen LogP contribution is -2.25. The van der Waals surface area contributed by atoms with Crippen molar-refractivity contribution in [1.29, 1.82) is 0 Å². The molecule has 4 heteroatoms. The van der Waals surface area contributed by atoms with Gasteiger partial charge in [-0.3, -0.25) is 9.48 Å². The van der Waals surface area contributed by atoms with Crippen molar-refractivity contribution in [2.75, 3.05) is 0 Å². The molecular weight excluding hydrogens is 238 g/mol. The van der Waals surface area contributed by atoms with Crippen LogP contribution < -0.4 is 5.32 Å². The van der Waals surface area contributed by atoms with Gasteiger partial charge in [0, 0.05) is 19.2 Å². The Hall–Kier alpha value is -1.32. The van der Waals surface area contributed by atoms with Crippen LogP contribution in [0.1, 0.15) is 57.6 Å². The van der Waals surface area contributed by atoms with Gasteiger partial charge in [-0.05, 0) is 25.3 Å². The van der Waals surface area contributed by atoms with Gasteiger partial charge in [0.2, 0.25) is 5.91 Å². The molecular formula is C15H25N3O. The fraction of sp³-hybridized carbons (Fsp3) is 0.733. The number of amides is 1. The van der Waals surface area contributed by atoms with E-state index in [-0.39, 0.29) is 5.91 Å². The second-order valence-corrected chi connectivity index (χ2v) is 5.46. The van der Waals surface area contributed by atoms with Crippen LogP contribution in [0.25, 0.3) is 0 Å². The van der Waals surface area contributed by atoms with Crippen LogP contribution in [0.2, 0.25) is 0 Å². The van der Waals surface area contributed by atoms with E-state index in [0.29, 0.717) is 13.0 Å². The highest BCUT2D eigenvalue weighted by atomic mass is 16.1. The molecule has 0 saturated heterocycles. The summed E-state index contributed by atoms with van der Waals surface area (Å²) in [6, 6.07) is 1.96. The number of nitrogens with zero attached hydrogens (tertiary/aromatic N) is 2. The Labute approximate surface area is 115 Å². The summed E-state index contributed by atoms with van der Waals surface area (Å²) in [5, 5.41) is 7.20. The SMILES string of the molecule is CCn1nccc1CNC(=O)CCC1CCCCC1. The van der Waals surface area contributed by atoms with Crippen LogP contribution in [0, 0.1) is 5.92 Å². The minimum absolute atomic E-state index is 0.175. The lowest BCUT2D eigenvalue weighted by Gasteiger charge is -2.21. The zero-order valence-electron chi connectivity index (χ0n) is 11.9. The number of hydrogen-bond acceptors (Lipinski definition) is 2. The van der Waals surface area contributed by atoms with Crippen molar-refractivity contribution in [3.63, 3.8) is 0 Å². The van der Waals surface area contributed by atoms with Crippen molar-refractivity contribution in [2.24, 2.45) is 5.92 Å². The van der Waals surface area contributed by atoms with Crippen molar-refractivity contribution in [2.45, 2.75) is 65.0 Å². The first-order valence-corrected chi connectivity index (χ1v) is 7.57. The van der Waals surface area contributed by atoms with Gasteiger partial charge < -0.3 is 5.32 Å². The van der Waals surface area contributed by atoms with Gasteiger partial charge in [-0.1, -0.05) is 32.1 Å². The van der Waals surface area contributed by atoms with Gasteiger partial charge in [0.1, 0.15) is 0 Å². The number of aromatic nitrogens is 2. The van der Waals surface area contributed by atoms with Gasteiger partial charge in [0.25, 0.3) is 0 Å². The molecule has 4 nitrogen and oxygen atoms in total. The van der Waals surface area contributed by atoms with Crippen LogP contribution in [0.5, 0.6) is 0 Å². The van der Waals surface area contributed by atoms with E-state index in [4.69, 9.17) is 0 Å². The predicted molar refractivity (Wildman–Crippen MR) is 75.6 cm³/mol. The zero-order chi connectivity index (χ0) is 13.5. The highest BCUT2D eigenvalue weighted by Crippen LogP contribution is 2.27. The molecule has 1 amide bonds. The molecule has 0 radical (unpaired) electrons. The molecule has 1 aliphatic rings. The second kappa shape index (κ2) is 7.31. The number of carbonyl (C=O) groups is 1. The molecule has 19 heavy (non-hydrogen) atoms. The minimum Gasteiger partial charge on any atom is -0.350 e. The van der Waals surface area contributed by atoms with Crippen LogP contribution >= 0.6 is 0 Å². The maximum absolute atomic E-state index is 11.8. The van der Waals surface area contributed by atoms with E-state index >= 15 is 0 Å². The van der Waals surface area contributed by atoms with Crippen LogP contribution in [0.3, 0.4) is 0 Å². The molecule has 1 heterocycles. The molecule has 1 aliphatic carbocycles. The molecule has 2 rings (SSSR count). The Kier molecular flexibility index (Phi) is 5.43. The lowest BCUT2D eigenvalue weighted by molar-refractivity contribution is -0.121. The third-order valence-electron chi connectivity index (χ3n) is 4.08. The van der Waals surface area contributed by atoms with Gasteiger partial charge in [-0.15, -0.1) is 0 Å². The second-order valence-electron chi connectivity index (χ2n) is 5.46. The summed E-state index contributed by atoms with van der Waals surface area (Å²) in [5.41, 5.74) is 1.08. The largest absolute Gasteiger partial charge is 0.350 e. The minimum atomic E-state index is 0.175. The zero-order valence-corrected chi connectivity index (χ0v) is 11.9.